The number of aryl methyl sites for hydroxylation is 1. The number of nitrogens with zero attached hydrogens (tertiary/aromatic N) is 2. The monoisotopic (exact) mass is 197 g/mol. The minimum Gasteiger partial charge on any atom is -0.383 e. The summed E-state index contributed by atoms with van der Waals surface area (Å²) in [5, 5.41) is 7.58. The van der Waals surface area contributed by atoms with Crippen LogP contribution in [-0.4, -0.2) is 29.5 Å². The second kappa shape index (κ2) is 5.78. The Morgan fingerprint density at radius 1 is 1.64 bits per heavy atom. The molecule has 0 aliphatic heterocycles. The molecule has 0 fully saturated rings. The van der Waals surface area contributed by atoms with E-state index in [9.17, 15) is 0 Å². The van der Waals surface area contributed by atoms with Gasteiger partial charge in [0.2, 0.25) is 0 Å². The molecule has 0 amide bonds. The van der Waals surface area contributed by atoms with E-state index in [1.54, 1.807) is 7.11 Å². The highest BCUT2D eigenvalue weighted by Crippen LogP contribution is 1.98. The van der Waals surface area contributed by atoms with E-state index in [1.165, 1.54) is 5.69 Å². The second-order valence-corrected chi connectivity index (χ2v) is 3.38. The maximum absolute atomic E-state index is 5.05. The molecule has 1 heterocycles. The first-order valence-corrected chi connectivity index (χ1v) is 5.01. The Hall–Kier alpha value is -0.870. The molecule has 0 spiro atoms. The standard InChI is InChI=1S/C10H19N3O/c1-4-13-10(5-6-12-13)7-11-9(2)8-14-3/h5-6,9,11H,4,7-8H2,1-3H3. The van der Waals surface area contributed by atoms with Crippen LogP contribution >= 0.6 is 0 Å². The lowest BCUT2D eigenvalue weighted by molar-refractivity contribution is 0.171. The molecule has 4 nitrogen and oxygen atoms in total. The SMILES string of the molecule is CCn1nccc1CNC(C)COC. The van der Waals surface area contributed by atoms with Gasteiger partial charge in [-0.3, -0.25) is 4.68 Å². The number of hydrogen-bond donors (Lipinski definition) is 1. The highest BCUT2D eigenvalue weighted by Gasteiger charge is 2.03. The molecule has 1 unspecified atom stereocenters. The van der Waals surface area contributed by atoms with Crippen LogP contribution in [0, 0.1) is 0 Å². The van der Waals surface area contributed by atoms with E-state index in [0.29, 0.717) is 6.04 Å². The maximum atomic E-state index is 5.05. The predicted molar refractivity (Wildman–Crippen MR) is 56.1 cm³/mol. The van der Waals surface area contributed by atoms with Crippen molar-refractivity contribution in [3.8, 4) is 0 Å². The number of hydrogen-bond acceptors (Lipinski definition) is 3. The topological polar surface area (TPSA) is 39.1 Å². The largest absolute Gasteiger partial charge is 0.383 e. The fourth-order valence-electron chi connectivity index (χ4n) is 1.38. The molecule has 14 heavy (non-hydrogen) atoms. The number of rotatable bonds is 6. The Balaban J connectivity index is 2.37. The summed E-state index contributed by atoms with van der Waals surface area (Å²) in [6.07, 6.45) is 1.83. The van der Waals surface area contributed by atoms with Crippen LogP contribution in [0.1, 0.15) is 19.5 Å². The van der Waals surface area contributed by atoms with Crippen LogP contribution in [0.5, 0.6) is 0 Å². The van der Waals surface area contributed by atoms with Crippen molar-refractivity contribution in [1.82, 2.24) is 15.1 Å². The Morgan fingerprint density at radius 2 is 2.43 bits per heavy atom. The van der Waals surface area contributed by atoms with E-state index >= 15 is 0 Å². The summed E-state index contributed by atoms with van der Waals surface area (Å²) in [5.74, 6) is 0. The quantitative estimate of drug-likeness (QED) is 0.740. The molecule has 1 rings (SSSR count). The number of ether oxygens (including phenoxy) is 1. The number of nitrogens with one attached hydrogen (secondary N) is 1. The van der Waals surface area contributed by atoms with E-state index in [4.69, 9.17) is 4.74 Å². The lowest BCUT2D eigenvalue weighted by Crippen LogP contribution is -2.30. The third-order valence-corrected chi connectivity index (χ3v) is 2.15. The molecule has 0 radical (unpaired) electrons. The molecular weight excluding hydrogens is 178 g/mol. The zero-order chi connectivity index (χ0) is 10.4. The first-order chi connectivity index (χ1) is 6.77. The molecule has 0 saturated heterocycles. The summed E-state index contributed by atoms with van der Waals surface area (Å²) in [4.78, 5) is 0. The number of aromatic nitrogens is 2. The van der Waals surface area contributed by atoms with Crippen LogP contribution < -0.4 is 5.32 Å². The van der Waals surface area contributed by atoms with Crippen molar-refractivity contribution in [3.63, 3.8) is 0 Å². The van der Waals surface area contributed by atoms with Gasteiger partial charge in [0, 0.05) is 32.4 Å². The summed E-state index contributed by atoms with van der Waals surface area (Å²) in [5.41, 5.74) is 1.22. The molecule has 1 aromatic heterocycles. The van der Waals surface area contributed by atoms with Gasteiger partial charge < -0.3 is 10.1 Å². The van der Waals surface area contributed by atoms with Gasteiger partial charge in [0.25, 0.3) is 0 Å². The van der Waals surface area contributed by atoms with Crippen LogP contribution in [0.4, 0.5) is 0 Å². The molecular formula is C10H19N3O. The van der Waals surface area contributed by atoms with Gasteiger partial charge in [-0.2, -0.15) is 5.10 Å². The molecule has 0 saturated carbocycles. The van der Waals surface area contributed by atoms with Gasteiger partial charge in [-0.25, -0.2) is 0 Å². The van der Waals surface area contributed by atoms with E-state index in [0.717, 1.165) is 19.7 Å². The molecule has 1 N–H and O–H groups in total. The molecule has 0 aliphatic rings. The van der Waals surface area contributed by atoms with E-state index in [1.807, 2.05) is 16.9 Å². The average Bonchev–Trinajstić information content (AvgIpc) is 2.62. The van der Waals surface area contributed by atoms with E-state index in [2.05, 4.69) is 24.3 Å². The Morgan fingerprint density at radius 3 is 3.07 bits per heavy atom. The minimum atomic E-state index is 0.375. The first-order valence-electron chi connectivity index (χ1n) is 5.01. The molecule has 0 aliphatic carbocycles. The van der Waals surface area contributed by atoms with Crippen molar-refractivity contribution in [2.45, 2.75) is 33.0 Å². The highest BCUT2D eigenvalue weighted by molar-refractivity contribution is 5.00. The average molecular weight is 197 g/mol. The van der Waals surface area contributed by atoms with Crippen molar-refractivity contribution in [1.29, 1.82) is 0 Å². The van der Waals surface area contributed by atoms with Gasteiger partial charge in [-0.05, 0) is 19.9 Å². The fraction of sp³-hybridized carbons (Fsp3) is 0.700. The van der Waals surface area contributed by atoms with Crippen molar-refractivity contribution in [2.75, 3.05) is 13.7 Å². The molecule has 1 atom stereocenters. The molecule has 0 aromatic carbocycles. The third kappa shape index (κ3) is 3.12. The second-order valence-electron chi connectivity index (χ2n) is 3.38. The zero-order valence-corrected chi connectivity index (χ0v) is 9.16. The van der Waals surface area contributed by atoms with E-state index in [-0.39, 0.29) is 0 Å². The Bertz CT molecular complexity index is 260. The van der Waals surface area contributed by atoms with Crippen LogP contribution in [0.15, 0.2) is 12.3 Å². The lowest BCUT2D eigenvalue weighted by atomic mass is 10.3. The summed E-state index contributed by atoms with van der Waals surface area (Å²) in [6, 6.07) is 2.41. The van der Waals surface area contributed by atoms with Gasteiger partial charge in [0.05, 0.1) is 12.3 Å². The first kappa shape index (κ1) is 11.2. The predicted octanol–water partition coefficient (Wildman–Crippen LogP) is 1.03. The van der Waals surface area contributed by atoms with Gasteiger partial charge in [0.1, 0.15) is 0 Å². The maximum Gasteiger partial charge on any atom is 0.0613 e. The Kier molecular flexibility index (Phi) is 4.62. The smallest absolute Gasteiger partial charge is 0.0613 e. The van der Waals surface area contributed by atoms with Crippen LogP contribution in [0.3, 0.4) is 0 Å². The van der Waals surface area contributed by atoms with Gasteiger partial charge in [-0.1, -0.05) is 0 Å². The van der Waals surface area contributed by atoms with Gasteiger partial charge >= 0.3 is 0 Å². The minimum absolute atomic E-state index is 0.375. The van der Waals surface area contributed by atoms with E-state index < -0.39 is 0 Å². The molecule has 80 valence electrons. The molecule has 4 heteroatoms. The summed E-state index contributed by atoms with van der Waals surface area (Å²) >= 11 is 0. The zero-order valence-electron chi connectivity index (χ0n) is 9.16. The van der Waals surface area contributed by atoms with Crippen molar-refractivity contribution in [3.05, 3.63) is 18.0 Å². The van der Waals surface area contributed by atoms with Crippen LogP contribution in [-0.2, 0) is 17.8 Å². The third-order valence-electron chi connectivity index (χ3n) is 2.15. The Labute approximate surface area is 85.3 Å². The molecule has 0 bridgehead atoms. The summed E-state index contributed by atoms with van der Waals surface area (Å²) < 4.78 is 7.04. The van der Waals surface area contributed by atoms with Crippen molar-refractivity contribution in [2.24, 2.45) is 0 Å². The summed E-state index contributed by atoms with van der Waals surface area (Å²) in [7, 11) is 1.72. The highest BCUT2D eigenvalue weighted by atomic mass is 16.5. The molecule has 1 aromatic rings. The lowest BCUT2D eigenvalue weighted by Gasteiger charge is -2.12. The van der Waals surface area contributed by atoms with Gasteiger partial charge in [-0.15, -0.1) is 0 Å². The number of methoxy groups -OCH3 is 1. The normalized spacial score (nSPS) is 13.1. The van der Waals surface area contributed by atoms with Crippen LogP contribution in [0.2, 0.25) is 0 Å². The van der Waals surface area contributed by atoms with Gasteiger partial charge in [0.15, 0.2) is 0 Å². The van der Waals surface area contributed by atoms with Crippen LogP contribution in [0.25, 0.3) is 0 Å². The fourth-order valence-corrected chi connectivity index (χ4v) is 1.38. The van der Waals surface area contributed by atoms with Crippen molar-refractivity contribution >= 4 is 0 Å². The summed E-state index contributed by atoms with van der Waals surface area (Å²) in [6.45, 7) is 6.70. The van der Waals surface area contributed by atoms with Crippen molar-refractivity contribution < 1.29 is 4.74 Å².